The number of thiazole rings is 1. The highest BCUT2D eigenvalue weighted by Gasteiger charge is 2.17. The van der Waals surface area contributed by atoms with Crippen LogP contribution in [-0.2, 0) is 7.05 Å². The topological polar surface area (TPSA) is 82.5 Å². The van der Waals surface area contributed by atoms with Gasteiger partial charge in [0.15, 0.2) is 11.0 Å². The normalized spacial score (nSPS) is 10.7. The van der Waals surface area contributed by atoms with E-state index in [1.165, 1.54) is 11.3 Å². The van der Waals surface area contributed by atoms with Crippen molar-refractivity contribution in [2.45, 2.75) is 0 Å². The summed E-state index contributed by atoms with van der Waals surface area (Å²) in [5.74, 6) is 0.669. The molecule has 7 heteroatoms. The van der Waals surface area contributed by atoms with Gasteiger partial charge in [-0.3, -0.25) is 0 Å². The molecule has 0 radical (unpaired) electrons. The first-order valence-corrected chi connectivity index (χ1v) is 6.12. The largest absolute Gasteiger partial charge is 0.375 e. The van der Waals surface area contributed by atoms with Crippen LogP contribution >= 0.6 is 11.3 Å². The molecule has 0 aliphatic carbocycles. The molecule has 2 aromatic heterocycles. The van der Waals surface area contributed by atoms with E-state index in [4.69, 9.17) is 5.73 Å². The minimum Gasteiger partial charge on any atom is -0.375 e. The minimum atomic E-state index is 0.506. The van der Waals surface area contributed by atoms with E-state index in [2.05, 4.69) is 20.5 Å². The maximum atomic E-state index is 5.80. The summed E-state index contributed by atoms with van der Waals surface area (Å²) in [6, 6.07) is 9.86. The average Bonchev–Trinajstić information content (AvgIpc) is 2.96. The second-order valence-corrected chi connectivity index (χ2v) is 4.75. The highest BCUT2D eigenvalue weighted by molar-refractivity contribution is 7.19. The van der Waals surface area contributed by atoms with E-state index in [0.29, 0.717) is 11.0 Å². The molecular formula is C11H10N6S. The lowest BCUT2D eigenvalue weighted by Gasteiger charge is -2.00. The van der Waals surface area contributed by atoms with E-state index in [0.717, 1.165) is 16.1 Å². The summed E-state index contributed by atoms with van der Waals surface area (Å²) in [7, 11) is 1.79. The zero-order valence-corrected chi connectivity index (χ0v) is 10.4. The van der Waals surface area contributed by atoms with Gasteiger partial charge in [-0.1, -0.05) is 41.7 Å². The highest BCUT2D eigenvalue weighted by Crippen LogP contribution is 2.36. The lowest BCUT2D eigenvalue weighted by atomic mass is 10.1. The van der Waals surface area contributed by atoms with Crippen molar-refractivity contribution in [3.05, 3.63) is 30.3 Å². The standard InChI is InChI=1S/C11H10N6S/c1-17-10(14-15-16-17)9-8(13-11(12)18-9)7-5-3-2-4-6-7/h2-6H,1H3,(H2,12,13). The van der Waals surface area contributed by atoms with Gasteiger partial charge in [0, 0.05) is 12.6 Å². The van der Waals surface area contributed by atoms with Crippen molar-refractivity contribution in [3.63, 3.8) is 0 Å². The van der Waals surface area contributed by atoms with Crippen LogP contribution in [0.5, 0.6) is 0 Å². The number of aryl methyl sites for hydroxylation is 1. The molecule has 0 bridgehead atoms. The molecule has 0 unspecified atom stereocenters. The smallest absolute Gasteiger partial charge is 0.194 e. The average molecular weight is 258 g/mol. The lowest BCUT2D eigenvalue weighted by Crippen LogP contribution is -1.94. The van der Waals surface area contributed by atoms with Gasteiger partial charge >= 0.3 is 0 Å². The van der Waals surface area contributed by atoms with Gasteiger partial charge in [0.2, 0.25) is 0 Å². The van der Waals surface area contributed by atoms with Crippen LogP contribution in [0.15, 0.2) is 30.3 Å². The van der Waals surface area contributed by atoms with Gasteiger partial charge in [-0.15, -0.1) is 5.10 Å². The van der Waals surface area contributed by atoms with Gasteiger partial charge in [-0.25, -0.2) is 9.67 Å². The van der Waals surface area contributed by atoms with E-state index in [9.17, 15) is 0 Å². The third-order valence-corrected chi connectivity index (χ3v) is 3.39. The molecule has 0 aliphatic heterocycles. The fourth-order valence-corrected chi connectivity index (χ4v) is 2.57. The molecule has 0 fully saturated rings. The molecule has 2 N–H and O–H groups in total. The van der Waals surface area contributed by atoms with Crippen molar-refractivity contribution in [1.29, 1.82) is 0 Å². The predicted octanol–water partition coefficient (Wildman–Crippen LogP) is 1.58. The van der Waals surface area contributed by atoms with E-state index in [1.54, 1.807) is 11.7 Å². The number of nitrogen functional groups attached to an aromatic ring is 1. The zero-order valence-electron chi connectivity index (χ0n) is 9.61. The first-order chi connectivity index (χ1) is 8.75. The summed E-state index contributed by atoms with van der Waals surface area (Å²) in [4.78, 5) is 5.25. The van der Waals surface area contributed by atoms with Crippen LogP contribution in [0.2, 0.25) is 0 Å². The number of aromatic nitrogens is 5. The van der Waals surface area contributed by atoms with E-state index < -0.39 is 0 Å². The zero-order chi connectivity index (χ0) is 12.5. The Morgan fingerprint density at radius 2 is 2.00 bits per heavy atom. The summed E-state index contributed by atoms with van der Waals surface area (Å²) < 4.78 is 1.61. The number of nitrogens with two attached hydrogens (primary N) is 1. The summed E-state index contributed by atoms with van der Waals surface area (Å²) in [6.07, 6.45) is 0. The summed E-state index contributed by atoms with van der Waals surface area (Å²) in [5, 5.41) is 12.0. The summed E-state index contributed by atoms with van der Waals surface area (Å²) >= 11 is 1.38. The van der Waals surface area contributed by atoms with E-state index >= 15 is 0 Å². The van der Waals surface area contributed by atoms with Gasteiger partial charge in [0.05, 0.1) is 5.69 Å². The van der Waals surface area contributed by atoms with Gasteiger partial charge < -0.3 is 5.73 Å². The maximum Gasteiger partial charge on any atom is 0.194 e. The number of hydrogen-bond acceptors (Lipinski definition) is 6. The SMILES string of the molecule is Cn1nnnc1-c1sc(N)nc1-c1ccccc1. The Morgan fingerprint density at radius 1 is 1.22 bits per heavy atom. The Morgan fingerprint density at radius 3 is 2.67 bits per heavy atom. The van der Waals surface area contributed by atoms with Crippen LogP contribution in [0.25, 0.3) is 22.0 Å². The molecular weight excluding hydrogens is 248 g/mol. The van der Waals surface area contributed by atoms with Crippen LogP contribution in [0.3, 0.4) is 0 Å². The van der Waals surface area contributed by atoms with Crippen LogP contribution in [0.4, 0.5) is 5.13 Å². The minimum absolute atomic E-state index is 0.506. The van der Waals surface area contributed by atoms with Crippen LogP contribution in [0, 0.1) is 0 Å². The van der Waals surface area contributed by atoms with Gasteiger partial charge in [-0.05, 0) is 10.4 Å². The molecule has 0 atom stereocenters. The quantitative estimate of drug-likeness (QED) is 0.754. The first kappa shape index (κ1) is 10.8. The molecule has 1 aromatic carbocycles. The van der Waals surface area contributed by atoms with Crippen molar-refractivity contribution in [3.8, 4) is 22.0 Å². The fourth-order valence-electron chi connectivity index (χ4n) is 1.70. The predicted molar refractivity (Wildman–Crippen MR) is 69.8 cm³/mol. The molecule has 2 heterocycles. The molecule has 0 spiro atoms. The molecule has 0 saturated carbocycles. The number of tetrazole rings is 1. The van der Waals surface area contributed by atoms with Gasteiger partial charge in [0.1, 0.15) is 4.88 Å². The number of hydrogen-bond donors (Lipinski definition) is 1. The van der Waals surface area contributed by atoms with Crippen molar-refractivity contribution >= 4 is 16.5 Å². The molecule has 0 saturated heterocycles. The molecule has 0 amide bonds. The second kappa shape index (κ2) is 4.19. The summed E-state index contributed by atoms with van der Waals surface area (Å²) in [6.45, 7) is 0. The Hall–Kier alpha value is -2.28. The number of rotatable bonds is 2. The monoisotopic (exact) mass is 258 g/mol. The Bertz CT molecular complexity index is 672. The molecule has 3 aromatic rings. The van der Waals surface area contributed by atoms with Crippen molar-refractivity contribution in [2.24, 2.45) is 7.05 Å². The molecule has 6 nitrogen and oxygen atoms in total. The number of benzene rings is 1. The molecule has 90 valence electrons. The Labute approximate surface area is 107 Å². The van der Waals surface area contributed by atoms with Crippen LogP contribution < -0.4 is 5.73 Å². The third-order valence-electron chi connectivity index (χ3n) is 2.51. The molecule has 18 heavy (non-hydrogen) atoms. The highest BCUT2D eigenvalue weighted by atomic mass is 32.1. The van der Waals surface area contributed by atoms with Crippen molar-refractivity contribution in [2.75, 3.05) is 5.73 Å². The number of anilines is 1. The van der Waals surface area contributed by atoms with Crippen molar-refractivity contribution < 1.29 is 0 Å². The first-order valence-electron chi connectivity index (χ1n) is 5.30. The lowest BCUT2D eigenvalue weighted by molar-refractivity contribution is 0.715. The number of nitrogens with zero attached hydrogens (tertiary/aromatic N) is 5. The second-order valence-electron chi connectivity index (χ2n) is 3.72. The fraction of sp³-hybridized carbons (Fsp3) is 0.0909. The van der Waals surface area contributed by atoms with Crippen LogP contribution in [0.1, 0.15) is 0 Å². The molecule has 3 rings (SSSR count). The summed E-state index contributed by atoms with van der Waals surface area (Å²) in [5.41, 5.74) is 7.62. The Kier molecular flexibility index (Phi) is 2.52. The van der Waals surface area contributed by atoms with E-state index in [1.807, 2.05) is 30.3 Å². The molecule has 0 aliphatic rings. The van der Waals surface area contributed by atoms with E-state index in [-0.39, 0.29) is 0 Å². The van der Waals surface area contributed by atoms with Crippen LogP contribution in [-0.4, -0.2) is 25.2 Å². The third kappa shape index (κ3) is 1.74. The maximum absolute atomic E-state index is 5.80. The van der Waals surface area contributed by atoms with Gasteiger partial charge in [0.25, 0.3) is 0 Å². The van der Waals surface area contributed by atoms with Gasteiger partial charge in [-0.2, -0.15) is 0 Å². The Balaban J connectivity index is 2.20. The van der Waals surface area contributed by atoms with Crippen molar-refractivity contribution in [1.82, 2.24) is 25.2 Å².